The van der Waals surface area contributed by atoms with E-state index in [1.165, 1.54) is 25.7 Å². The van der Waals surface area contributed by atoms with E-state index in [4.69, 9.17) is 8.83 Å². The molecule has 14 nitrogen and oxygen atoms in total. The average molecular weight is 767 g/mol. The van der Waals surface area contributed by atoms with Crippen LogP contribution in [0.5, 0.6) is 0 Å². The fourth-order valence-electron chi connectivity index (χ4n) is 5.28. The van der Waals surface area contributed by atoms with Crippen molar-refractivity contribution in [3.8, 4) is 0 Å². The van der Waals surface area contributed by atoms with Crippen molar-refractivity contribution in [2.75, 3.05) is 65.9 Å². The minimum Gasteiger partial charge on any atom is -0.464 e. The Morgan fingerprint density at radius 3 is 1.25 bits per heavy atom. The number of nitrogens with one attached hydrogen (secondary N) is 4. The van der Waals surface area contributed by atoms with Crippen LogP contribution in [0.3, 0.4) is 0 Å². The fourth-order valence-corrected chi connectivity index (χ4v) is 6.78. The van der Waals surface area contributed by atoms with Gasteiger partial charge in [-0.3, -0.25) is 20.2 Å². The Bertz CT molecular complexity index is 1220. The summed E-state index contributed by atoms with van der Waals surface area (Å²) >= 11 is 3.46. The Balaban J connectivity index is 1.42. The van der Waals surface area contributed by atoms with Crippen molar-refractivity contribution in [2.45, 2.75) is 88.8 Å². The molecule has 52 heavy (non-hydrogen) atoms. The molecule has 0 atom stereocenters. The van der Waals surface area contributed by atoms with Gasteiger partial charge in [0.1, 0.15) is 23.0 Å². The molecule has 2 aromatic rings. The standard InChI is InChI=1S/C36H62N8O6S2/c1-41(2)25-31-15-17-33(49-31)29-51-23-21-39-35(27-43(45)46)37-19-13-11-9-7-5-6-8-10-12-14-20-38-36(28-44(47)48)40-22-24-52-30-34-18-16-32(50-34)26-42(3)4/h15-18,27-28,37-40H,5-14,19-26,29-30H2,1-4H3/b35-27-,36-28+. The SMILES string of the molecule is CN(C)Cc1ccc(CSCCN/C(=C\[N+](=O)[O-])NCCCCCCCCCCCCN/C(=C\[N+](=O)[O-])NCCSCc2ccc(CN(C)C)o2)o1. The van der Waals surface area contributed by atoms with Gasteiger partial charge in [-0.25, -0.2) is 0 Å². The van der Waals surface area contributed by atoms with E-state index in [0.717, 1.165) is 110 Å². The van der Waals surface area contributed by atoms with E-state index in [0.29, 0.717) is 37.8 Å². The third-order valence-corrected chi connectivity index (χ3v) is 9.66. The molecule has 0 saturated carbocycles. The maximum atomic E-state index is 11.1. The second-order valence-electron chi connectivity index (χ2n) is 13.2. The largest absolute Gasteiger partial charge is 0.464 e. The molecule has 2 heterocycles. The van der Waals surface area contributed by atoms with Gasteiger partial charge in [0.2, 0.25) is 0 Å². The highest BCUT2D eigenvalue weighted by Crippen LogP contribution is 2.17. The number of furan rings is 2. The molecule has 16 heteroatoms. The predicted octanol–water partition coefficient (Wildman–Crippen LogP) is 6.57. The lowest BCUT2D eigenvalue weighted by atomic mass is 10.1. The van der Waals surface area contributed by atoms with Gasteiger partial charge in [-0.15, -0.1) is 0 Å². The van der Waals surface area contributed by atoms with E-state index < -0.39 is 9.85 Å². The van der Waals surface area contributed by atoms with E-state index in [9.17, 15) is 20.2 Å². The van der Waals surface area contributed by atoms with Crippen LogP contribution in [0.4, 0.5) is 0 Å². The van der Waals surface area contributed by atoms with Gasteiger partial charge < -0.3 is 39.9 Å². The van der Waals surface area contributed by atoms with Crippen molar-refractivity contribution in [2.24, 2.45) is 0 Å². The smallest absolute Gasteiger partial charge is 0.274 e. The van der Waals surface area contributed by atoms with E-state index in [2.05, 4.69) is 31.1 Å². The van der Waals surface area contributed by atoms with Crippen LogP contribution < -0.4 is 21.3 Å². The van der Waals surface area contributed by atoms with Crippen LogP contribution in [0.1, 0.15) is 87.2 Å². The molecule has 2 rings (SSSR count). The van der Waals surface area contributed by atoms with E-state index in [-0.39, 0.29) is 0 Å². The zero-order valence-electron chi connectivity index (χ0n) is 31.7. The van der Waals surface area contributed by atoms with Crippen LogP contribution >= 0.6 is 23.5 Å². The summed E-state index contributed by atoms with van der Waals surface area (Å²) in [6.45, 7) is 4.20. The highest BCUT2D eigenvalue weighted by atomic mass is 32.2. The molecule has 0 aromatic carbocycles. The molecule has 0 amide bonds. The molecule has 0 radical (unpaired) electrons. The minimum absolute atomic E-state index is 0.426. The van der Waals surface area contributed by atoms with Gasteiger partial charge in [-0.2, -0.15) is 23.5 Å². The van der Waals surface area contributed by atoms with Gasteiger partial charge in [0.15, 0.2) is 11.6 Å². The van der Waals surface area contributed by atoms with Gasteiger partial charge in [0.05, 0.1) is 34.4 Å². The Morgan fingerprint density at radius 1 is 0.577 bits per heavy atom. The maximum Gasteiger partial charge on any atom is 0.274 e. The molecule has 0 aliphatic rings. The summed E-state index contributed by atoms with van der Waals surface area (Å²) in [6.07, 6.45) is 13.3. The normalized spacial score (nSPS) is 12.1. The lowest BCUT2D eigenvalue weighted by molar-refractivity contribution is -0.404. The van der Waals surface area contributed by atoms with Crippen LogP contribution in [0.25, 0.3) is 0 Å². The highest BCUT2D eigenvalue weighted by molar-refractivity contribution is 7.98. The summed E-state index contributed by atoms with van der Waals surface area (Å²) in [6, 6.07) is 8.02. The molecule has 0 aliphatic heterocycles. The number of nitrogens with zero attached hydrogens (tertiary/aromatic N) is 4. The van der Waals surface area contributed by atoms with Crippen molar-refractivity contribution in [3.63, 3.8) is 0 Å². The number of thioether (sulfide) groups is 2. The Kier molecular flexibility index (Phi) is 24.3. The van der Waals surface area contributed by atoms with Crippen molar-refractivity contribution < 1.29 is 18.7 Å². The topological polar surface area (TPSA) is 167 Å². The molecule has 0 bridgehead atoms. The minimum atomic E-state index is -0.426. The van der Waals surface area contributed by atoms with Crippen molar-refractivity contribution in [3.05, 3.63) is 91.6 Å². The van der Waals surface area contributed by atoms with Gasteiger partial charge in [0.25, 0.3) is 12.4 Å². The molecule has 0 fully saturated rings. The zero-order chi connectivity index (χ0) is 37.8. The molecule has 0 aliphatic carbocycles. The molecule has 0 saturated heterocycles. The van der Waals surface area contributed by atoms with Gasteiger partial charge in [-0.05, 0) is 65.3 Å². The van der Waals surface area contributed by atoms with E-state index in [1.807, 2.05) is 52.5 Å². The van der Waals surface area contributed by atoms with E-state index >= 15 is 0 Å². The monoisotopic (exact) mass is 766 g/mol. The Labute approximate surface area is 318 Å². The van der Waals surface area contributed by atoms with E-state index in [1.54, 1.807) is 23.5 Å². The maximum absolute atomic E-state index is 11.1. The van der Waals surface area contributed by atoms with Crippen LogP contribution in [0.15, 0.2) is 57.1 Å². The van der Waals surface area contributed by atoms with Crippen molar-refractivity contribution in [1.29, 1.82) is 0 Å². The fraction of sp³-hybridized carbons (Fsp3) is 0.667. The van der Waals surface area contributed by atoms with Crippen molar-refractivity contribution >= 4 is 23.5 Å². The van der Waals surface area contributed by atoms with Gasteiger partial charge >= 0.3 is 0 Å². The zero-order valence-corrected chi connectivity index (χ0v) is 33.3. The first-order valence-corrected chi connectivity index (χ1v) is 20.7. The average Bonchev–Trinajstić information content (AvgIpc) is 3.71. The second-order valence-corrected chi connectivity index (χ2v) is 15.4. The van der Waals surface area contributed by atoms with Crippen LogP contribution in [-0.2, 0) is 24.6 Å². The predicted molar refractivity (Wildman–Crippen MR) is 213 cm³/mol. The highest BCUT2D eigenvalue weighted by Gasteiger charge is 2.07. The van der Waals surface area contributed by atoms with Gasteiger partial charge in [-0.1, -0.05) is 51.4 Å². The third kappa shape index (κ3) is 24.0. The molecule has 294 valence electrons. The number of hydrogen-bond acceptors (Lipinski definition) is 14. The second kappa shape index (κ2) is 28.2. The van der Waals surface area contributed by atoms with Crippen LogP contribution in [0.2, 0.25) is 0 Å². The van der Waals surface area contributed by atoms with Crippen LogP contribution in [-0.4, -0.2) is 85.5 Å². The lowest BCUT2D eigenvalue weighted by Gasteiger charge is -2.11. The number of nitro groups is 2. The summed E-state index contributed by atoms with van der Waals surface area (Å²) in [7, 11) is 8.03. The summed E-state index contributed by atoms with van der Waals surface area (Å²) in [5.41, 5.74) is 0. The first-order valence-electron chi connectivity index (χ1n) is 18.4. The van der Waals surface area contributed by atoms with Gasteiger partial charge in [0, 0.05) is 37.7 Å². The molecule has 2 aromatic heterocycles. The third-order valence-electron chi connectivity index (χ3n) is 7.69. The summed E-state index contributed by atoms with van der Waals surface area (Å²) in [5, 5.41) is 34.8. The first-order chi connectivity index (χ1) is 25.1. The Hall–Kier alpha value is -3.34. The lowest BCUT2D eigenvalue weighted by Crippen LogP contribution is -2.29. The quantitative estimate of drug-likeness (QED) is 0.0350. The first kappa shape index (κ1) is 44.8. The molecular weight excluding hydrogens is 705 g/mol. The number of hydrogen-bond donors (Lipinski definition) is 4. The van der Waals surface area contributed by atoms with Crippen molar-refractivity contribution in [1.82, 2.24) is 31.1 Å². The molecule has 0 unspecified atom stereocenters. The summed E-state index contributed by atoms with van der Waals surface area (Å²) in [4.78, 5) is 25.4. The van der Waals surface area contributed by atoms with Crippen LogP contribution in [0, 0.1) is 20.2 Å². The molecule has 0 spiro atoms. The Morgan fingerprint density at radius 2 is 0.904 bits per heavy atom. The number of rotatable bonds is 33. The molecule has 4 N–H and O–H groups in total. The molecular formula is C36H62N8O6S2. The summed E-state index contributed by atoms with van der Waals surface area (Å²) < 4.78 is 11.7. The number of unbranched alkanes of at least 4 members (excludes halogenated alkanes) is 9. The summed E-state index contributed by atoms with van der Waals surface area (Å²) in [5.74, 6) is 7.85.